The van der Waals surface area contributed by atoms with Gasteiger partial charge in [-0.2, -0.15) is 0 Å². The van der Waals surface area contributed by atoms with Crippen LogP contribution >= 0.6 is 0 Å². The second-order valence-corrected chi connectivity index (χ2v) is 6.28. The van der Waals surface area contributed by atoms with E-state index in [1.165, 1.54) is 0 Å². The number of hydrogen-bond donors (Lipinski definition) is 2. The van der Waals surface area contributed by atoms with Gasteiger partial charge in [0.15, 0.2) is 0 Å². The molecule has 2 N–H and O–H groups in total. The highest BCUT2D eigenvalue weighted by atomic mass is 16.5. The number of hydrogen-bond acceptors (Lipinski definition) is 4. The fraction of sp³-hybridized carbons (Fsp3) is 0.929. The van der Waals surface area contributed by atoms with E-state index in [1.54, 1.807) is 11.9 Å². The molecule has 1 amide bonds. The zero-order chi connectivity index (χ0) is 14.2. The Hall–Kier alpha value is -0.650. The van der Waals surface area contributed by atoms with E-state index in [-0.39, 0.29) is 30.0 Å². The minimum atomic E-state index is -0.776. The van der Waals surface area contributed by atoms with Gasteiger partial charge in [0, 0.05) is 13.6 Å². The third-order valence-electron chi connectivity index (χ3n) is 4.66. The number of likely N-dealkylation sites (N-methyl/N-ethyl adjacent to an activating group) is 1. The molecule has 2 rings (SSSR count). The molecule has 0 aromatic heterocycles. The molecule has 0 spiro atoms. The summed E-state index contributed by atoms with van der Waals surface area (Å²) in [6.45, 7) is 7.81. The lowest BCUT2D eigenvalue weighted by atomic mass is 9.88. The predicted octanol–water partition coefficient (Wildman–Crippen LogP) is 0.229. The number of carbonyl (C=O) groups excluding carboxylic acids is 1. The van der Waals surface area contributed by atoms with Gasteiger partial charge in [-0.25, -0.2) is 0 Å². The lowest BCUT2D eigenvalue weighted by Crippen LogP contribution is -2.48. The number of aliphatic hydroxyl groups is 1. The molecule has 5 atom stereocenters. The number of β-amino-alcohol motifs (C(OH)–C–C–N with tert-alkyl or cyclic N) is 1. The van der Waals surface area contributed by atoms with Gasteiger partial charge < -0.3 is 20.1 Å². The molecule has 0 aromatic carbocycles. The zero-order valence-corrected chi connectivity index (χ0v) is 12.3. The Morgan fingerprint density at radius 1 is 1.42 bits per heavy atom. The van der Waals surface area contributed by atoms with Crippen molar-refractivity contribution in [3.63, 3.8) is 0 Å². The summed E-state index contributed by atoms with van der Waals surface area (Å²) in [7, 11) is 1.78. The predicted molar refractivity (Wildman–Crippen MR) is 72.7 cm³/mol. The van der Waals surface area contributed by atoms with Crippen LogP contribution in [0.25, 0.3) is 0 Å². The monoisotopic (exact) mass is 270 g/mol. The van der Waals surface area contributed by atoms with Crippen LogP contribution in [0.3, 0.4) is 0 Å². The van der Waals surface area contributed by atoms with E-state index < -0.39 is 5.60 Å². The molecular weight excluding hydrogens is 244 g/mol. The van der Waals surface area contributed by atoms with Gasteiger partial charge in [0.05, 0.1) is 30.3 Å². The highest BCUT2D eigenvalue weighted by Gasteiger charge is 2.44. The first-order valence-corrected chi connectivity index (χ1v) is 7.17. The molecule has 5 heteroatoms. The van der Waals surface area contributed by atoms with E-state index in [1.807, 2.05) is 13.8 Å². The molecule has 0 radical (unpaired) electrons. The third-order valence-corrected chi connectivity index (χ3v) is 4.66. The summed E-state index contributed by atoms with van der Waals surface area (Å²) in [5, 5.41) is 13.5. The van der Waals surface area contributed by atoms with Crippen LogP contribution in [-0.4, -0.2) is 60.4 Å². The SMILES string of the molecule is CC1OC(C)C(C(=O)N(C)CC2(O)CCNC2)C1C. The summed E-state index contributed by atoms with van der Waals surface area (Å²) in [4.78, 5) is 14.2. The number of rotatable bonds is 3. The first kappa shape index (κ1) is 14.8. The normalized spacial score (nSPS) is 42.6. The standard InChI is InChI=1S/C14H26N2O3/c1-9-10(2)19-11(3)12(9)13(17)16(4)8-14(18)5-6-15-7-14/h9-12,15,18H,5-8H2,1-4H3. The maximum atomic E-state index is 12.6. The van der Waals surface area contributed by atoms with E-state index in [2.05, 4.69) is 12.2 Å². The lowest BCUT2D eigenvalue weighted by molar-refractivity contribution is -0.139. The Morgan fingerprint density at radius 2 is 2.11 bits per heavy atom. The van der Waals surface area contributed by atoms with Crippen molar-refractivity contribution in [2.45, 2.75) is 45.0 Å². The molecule has 0 saturated carbocycles. The van der Waals surface area contributed by atoms with Crippen molar-refractivity contribution >= 4 is 5.91 Å². The third kappa shape index (κ3) is 2.93. The first-order valence-electron chi connectivity index (χ1n) is 7.17. The van der Waals surface area contributed by atoms with Crippen LogP contribution in [0.15, 0.2) is 0 Å². The van der Waals surface area contributed by atoms with Gasteiger partial charge in [-0.3, -0.25) is 4.79 Å². The number of ether oxygens (including phenoxy) is 1. The Balaban J connectivity index is 1.99. The van der Waals surface area contributed by atoms with Gasteiger partial charge in [-0.1, -0.05) is 6.92 Å². The summed E-state index contributed by atoms with van der Waals surface area (Å²) in [6.07, 6.45) is 0.776. The minimum Gasteiger partial charge on any atom is -0.387 e. The van der Waals surface area contributed by atoms with Gasteiger partial charge in [-0.05, 0) is 32.7 Å². The maximum absolute atomic E-state index is 12.6. The van der Waals surface area contributed by atoms with Crippen LogP contribution in [0.4, 0.5) is 0 Å². The Morgan fingerprint density at radius 3 is 2.58 bits per heavy atom. The van der Waals surface area contributed by atoms with Crippen LogP contribution in [0.5, 0.6) is 0 Å². The van der Waals surface area contributed by atoms with Crippen LogP contribution in [0, 0.1) is 11.8 Å². The van der Waals surface area contributed by atoms with Crippen molar-refractivity contribution in [2.24, 2.45) is 11.8 Å². The van der Waals surface area contributed by atoms with E-state index >= 15 is 0 Å². The van der Waals surface area contributed by atoms with Crippen molar-refractivity contribution in [1.82, 2.24) is 10.2 Å². The van der Waals surface area contributed by atoms with Crippen molar-refractivity contribution in [2.75, 3.05) is 26.7 Å². The fourth-order valence-corrected chi connectivity index (χ4v) is 3.33. The number of amides is 1. The molecule has 0 aromatic rings. The largest absolute Gasteiger partial charge is 0.387 e. The molecular formula is C14H26N2O3. The molecule has 2 fully saturated rings. The summed E-state index contributed by atoms with van der Waals surface area (Å²) in [5.41, 5.74) is -0.776. The molecule has 2 saturated heterocycles. The quantitative estimate of drug-likeness (QED) is 0.770. The Labute approximate surface area is 115 Å². The summed E-state index contributed by atoms with van der Waals surface area (Å²) < 4.78 is 5.73. The number of nitrogens with one attached hydrogen (secondary N) is 1. The lowest BCUT2D eigenvalue weighted by Gasteiger charge is -2.31. The van der Waals surface area contributed by atoms with Crippen molar-refractivity contribution < 1.29 is 14.6 Å². The summed E-state index contributed by atoms with van der Waals surface area (Å²) >= 11 is 0. The Kier molecular flexibility index (Phi) is 4.18. The molecule has 0 bridgehead atoms. The number of nitrogens with zero attached hydrogens (tertiary/aromatic N) is 1. The van der Waals surface area contributed by atoms with Crippen molar-refractivity contribution in [3.05, 3.63) is 0 Å². The van der Waals surface area contributed by atoms with E-state index in [4.69, 9.17) is 4.74 Å². The van der Waals surface area contributed by atoms with E-state index in [0.717, 1.165) is 6.54 Å². The van der Waals surface area contributed by atoms with Gasteiger partial charge >= 0.3 is 0 Å². The van der Waals surface area contributed by atoms with E-state index in [0.29, 0.717) is 19.5 Å². The van der Waals surface area contributed by atoms with Crippen LogP contribution in [0.2, 0.25) is 0 Å². The highest BCUT2D eigenvalue weighted by molar-refractivity contribution is 5.80. The molecule has 2 aliphatic heterocycles. The van der Waals surface area contributed by atoms with E-state index in [9.17, 15) is 9.90 Å². The van der Waals surface area contributed by atoms with Gasteiger partial charge in [-0.15, -0.1) is 0 Å². The number of carbonyl (C=O) groups is 1. The zero-order valence-electron chi connectivity index (χ0n) is 12.3. The highest BCUT2D eigenvalue weighted by Crippen LogP contribution is 2.33. The fourth-order valence-electron chi connectivity index (χ4n) is 3.33. The maximum Gasteiger partial charge on any atom is 0.228 e. The molecule has 19 heavy (non-hydrogen) atoms. The van der Waals surface area contributed by atoms with Gasteiger partial charge in [0.2, 0.25) is 5.91 Å². The molecule has 2 heterocycles. The second kappa shape index (κ2) is 5.38. The van der Waals surface area contributed by atoms with Crippen LogP contribution < -0.4 is 5.32 Å². The molecule has 2 aliphatic rings. The van der Waals surface area contributed by atoms with Crippen molar-refractivity contribution in [1.29, 1.82) is 0 Å². The smallest absolute Gasteiger partial charge is 0.228 e. The van der Waals surface area contributed by atoms with Crippen LogP contribution in [0.1, 0.15) is 27.2 Å². The molecule has 5 nitrogen and oxygen atoms in total. The van der Waals surface area contributed by atoms with Crippen LogP contribution in [-0.2, 0) is 9.53 Å². The first-order chi connectivity index (χ1) is 8.84. The second-order valence-electron chi connectivity index (χ2n) is 6.28. The average molecular weight is 270 g/mol. The Bertz CT molecular complexity index is 342. The topological polar surface area (TPSA) is 61.8 Å². The molecule has 0 aliphatic carbocycles. The van der Waals surface area contributed by atoms with Gasteiger partial charge in [0.25, 0.3) is 0 Å². The van der Waals surface area contributed by atoms with Crippen molar-refractivity contribution in [3.8, 4) is 0 Å². The molecule has 5 unspecified atom stereocenters. The van der Waals surface area contributed by atoms with Gasteiger partial charge in [0.1, 0.15) is 0 Å². The molecule has 110 valence electrons. The summed E-state index contributed by atoms with van der Waals surface area (Å²) in [6, 6.07) is 0. The average Bonchev–Trinajstić information content (AvgIpc) is 2.84. The minimum absolute atomic E-state index is 0.0451. The summed E-state index contributed by atoms with van der Waals surface area (Å²) in [5.74, 6) is 0.212.